The summed E-state index contributed by atoms with van der Waals surface area (Å²) in [5.74, 6) is -0.0114. The Balaban J connectivity index is 2.32. The largest absolute Gasteiger partial charge is 0.435 e. The summed E-state index contributed by atoms with van der Waals surface area (Å²) < 4.78 is 38.4. The first kappa shape index (κ1) is 11.2. The highest BCUT2D eigenvalue weighted by molar-refractivity contribution is 5.92. The number of nitrogens with zero attached hydrogens (tertiary/aromatic N) is 2. The van der Waals surface area contributed by atoms with E-state index in [-0.39, 0.29) is 11.5 Å². The fourth-order valence-electron chi connectivity index (χ4n) is 1.52. The number of carbonyl (C=O) groups excluding carboxylic acids is 1. The van der Waals surface area contributed by atoms with Gasteiger partial charge < -0.3 is 0 Å². The number of aromatic nitrogens is 2. The Morgan fingerprint density at radius 1 is 1.56 bits per heavy atom. The predicted molar refractivity (Wildman–Crippen MR) is 50.0 cm³/mol. The zero-order valence-electron chi connectivity index (χ0n) is 8.71. The second-order valence-corrected chi connectivity index (χ2v) is 4.09. The van der Waals surface area contributed by atoms with Crippen LogP contribution in [0.1, 0.15) is 35.9 Å². The van der Waals surface area contributed by atoms with Gasteiger partial charge in [-0.3, -0.25) is 9.48 Å². The molecule has 1 aliphatic rings. The van der Waals surface area contributed by atoms with Crippen LogP contribution in [0, 0.1) is 5.92 Å². The van der Waals surface area contributed by atoms with Gasteiger partial charge in [0.05, 0.1) is 0 Å². The molecule has 16 heavy (non-hydrogen) atoms. The van der Waals surface area contributed by atoms with Crippen LogP contribution >= 0.6 is 0 Å². The summed E-state index contributed by atoms with van der Waals surface area (Å²) in [6.45, 7) is 1.66. The van der Waals surface area contributed by atoms with E-state index >= 15 is 0 Å². The Hall–Kier alpha value is -1.33. The lowest BCUT2D eigenvalue weighted by atomic mass is 10.2. The number of hydrogen-bond acceptors (Lipinski definition) is 2. The van der Waals surface area contributed by atoms with Crippen LogP contribution in [0.5, 0.6) is 0 Å². The van der Waals surface area contributed by atoms with Crippen LogP contribution in [0.2, 0.25) is 0 Å². The van der Waals surface area contributed by atoms with Gasteiger partial charge in [0.25, 0.3) is 0 Å². The summed E-state index contributed by atoms with van der Waals surface area (Å²) in [4.78, 5) is 11.2. The molecule has 1 aromatic rings. The number of carbonyl (C=O) groups is 1. The molecule has 3 nitrogen and oxygen atoms in total. The minimum atomic E-state index is -4.49. The Bertz CT molecular complexity index is 418. The summed E-state index contributed by atoms with van der Waals surface area (Å²) in [7, 11) is 0. The van der Waals surface area contributed by atoms with Crippen molar-refractivity contribution in [3.05, 3.63) is 17.5 Å². The molecule has 0 radical (unpaired) electrons. The summed E-state index contributed by atoms with van der Waals surface area (Å²) >= 11 is 0. The van der Waals surface area contributed by atoms with Crippen LogP contribution in [0.25, 0.3) is 0 Å². The van der Waals surface area contributed by atoms with E-state index in [0.717, 1.165) is 18.9 Å². The van der Waals surface area contributed by atoms with Gasteiger partial charge in [-0.1, -0.05) is 0 Å². The van der Waals surface area contributed by atoms with Gasteiger partial charge in [-0.25, -0.2) is 0 Å². The van der Waals surface area contributed by atoms with Crippen molar-refractivity contribution in [1.29, 1.82) is 0 Å². The molecule has 88 valence electrons. The first-order valence-electron chi connectivity index (χ1n) is 5.04. The van der Waals surface area contributed by atoms with E-state index in [1.807, 2.05) is 0 Å². The molecule has 0 N–H and O–H groups in total. The molecule has 6 heteroatoms. The molecule has 0 unspecified atom stereocenters. The molecule has 1 heterocycles. The van der Waals surface area contributed by atoms with Gasteiger partial charge in [0.15, 0.2) is 11.5 Å². The van der Waals surface area contributed by atoms with Crippen molar-refractivity contribution in [2.75, 3.05) is 0 Å². The van der Waals surface area contributed by atoms with Gasteiger partial charge in [-0.2, -0.15) is 18.3 Å². The molecule has 1 saturated carbocycles. The van der Waals surface area contributed by atoms with Crippen LogP contribution in [-0.4, -0.2) is 15.6 Å². The lowest BCUT2D eigenvalue weighted by molar-refractivity contribution is -0.141. The highest BCUT2D eigenvalue weighted by Gasteiger charge is 2.36. The fourth-order valence-corrected chi connectivity index (χ4v) is 1.52. The predicted octanol–water partition coefficient (Wildman–Crippen LogP) is 2.51. The highest BCUT2D eigenvalue weighted by Crippen LogP contribution is 2.33. The number of ketones is 1. The molecular weight excluding hydrogens is 221 g/mol. The van der Waals surface area contributed by atoms with Crippen molar-refractivity contribution < 1.29 is 18.0 Å². The van der Waals surface area contributed by atoms with E-state index in [1.54, 1.807) is 0 Å². The Morgan fingerprint density at radius 3 is 2.62 bits per heavy atom. The molecule has 0 aromatic carbocycles. The number of hydrogen-bond donors (Lipinski definition) is 0. The molecule has 1 fully saturated rings. The van der Waals surface area contributed by atoms with Crippen molar-refractivity contribution in [3.8, 4) is 0 Å². The molecule has 0 aliphatic heterocycles. The molecule has 1 aromatic heterocycles. The number of halogens is 3. The maximum atomic E-state index is 12.4. The van der Waals surface area contributed by atoms with Gasteiger partial charge in [0.2, 0.25) is 0 Å². The SMILES string of the molecule is CC(=O)c1cc(C(F)(F)F)nn1CC1CC1. The molecule has 0 bridgehead atoms. The van der Waals surface area contributed by atoms with Crippen LogP contribution in [0.3, 0.4) is 0 Å². The summed E-state index contributed by atoms with van der Waals surface area (Å²) in [5, 5.41) is 3.45. The topological polar surface area (TPSA) is 34.9 Å². The molecule has 1 aliphatic carbocycles. The van der Waals surface area contributed by atoms with Crippen LogP contribution in [0.15, 0.2) is 6.07 Å². The van der Waals surface area contributed by atoms with Crippen LogP contribution in [0.4, 0.5) is 13.2 Å². The van der Waals surface area contributed by atoms with Crippen molar-refractivity contribution >= 4 is 5.78 Å². The standard InChI is InChI=1S/C10H11F3N2O/c1-6(16)8-4-9(10(11,12)13)14-15(8)5-7-2-3-7/h4,7H,2-3,5H2,1H3. The van der Waals surface area contributed by atoms with Crippen LogP contribution < -0.4 is 0 Å². The summed E-state index contributed by atoms with van der Waals surface area (Å²) in [6, 6.07) is 0.824. The lowest BCUT2D eigenvalue weighted by Crippen LogP contribution is -2.11. The van der Waals surface area contributed by atoms with Gasteiger partial charge in [0, 0.05) is 13.5 Å². The average Bonchev–Trinajstić information content (AvgIpc) is 2.80. The number of Topliss-reactive ketones (excluding diaryl/α,β-unsaturated/α-hetero) is 1. The first-order chi connectivity index (χ1) is 7.38. The zero-order chi connectivity index (χ0) is 11.9. The molecule has 0 amide bonds. The van der Waals surface area contributed by atoms with E-state index < -0.39 is 11.9 Å². The molecule has 2 rings (SSSR count). The minimum absolute atomic E-state index is 0.0409. The van der Waals surface area contributed by atoms with E-state index in [0.29, 0.717) is 12.5 Å². The van der Waals surface area contributed by atoms with E-state index in [4.69, 9.17) is 0 Å². The molecule has 0 atom stereocenters. The van der Waals surface area contributed by atoms with Gasteiger partial charge in [-0.05, 0) is 24.8 Å². The van der Waals surface area contributed by atoms with E-state index in [1.165, 1.54) is 11.6 Å². The third kappa shape index (κ3) is 2.25. The average molecular weight is 232 g/mol. The van der Waals surface area contributed by atoms with Crippen molar-refractivity contribution in [2.24, 2.45) is 5.92 Å². The maximum absolute atomic E-state index is 12.4. The van der Waals surface area contributed by atoms with E-state index in [2.05, 4.69) is 5.10 Å². The first-order valence-corrected chi connectivity index (χ1v) is 5.04. The van der Waals surface area contributed by atoms with Gasteiger partial charge in [-0.15, -0.1) is 0 Å². The van der Waals surface area contributed by atoms with Gasteiger partial charge in [0.1, 0.15) is 5.69 Å². The number of rotatable bonds is 3. The van der Waals surface area contributed by atoms with E-state index in [9.17, 15) is 18.0 Å². The number of alkyl halides is 3. The van der Waals surface area contributed by atoms with Crippen molar-refractivity contribution in [2.45, 2.75) is 32.5 Å². The van der Waals surface area contributed by atoms with Crippen molar-refractivity contribution in [1.82, 2.24) is 9.78 Å². The van der Waals surface area contributed by atoms with Gasteiger partial charge >= 0.3 is 6.18 Å². The lowest BCUT2D eigenvalue weighted by Gasteiger charge is -2.03. The summed E-state index contributed by atoms with van der Waals surface area (Å²) in [6.07, 6.45) is -2.49. The van der Waals surface area contributed by atoms with Crippen LogP contribution in [-0.2, 0) is 12.7 Å². The smallest absolute Gasteiger partial charge is 0.293 e. The minimum Gasteiger partial charge on any atom is -0.293 e. The third-order valence-corrected chi connectivity index (χ3v) is 2.56. The second kappa shape index (κ2) is 3.61. The highest BCUT2D eigenvalue weighted by atomic mass is 19.4. The third-order valence-electron chi connectivity index (χ3n) is 2.56. The molecule has 0 spiro atoms. The fraction of sp³-hybridized carbons (Fsp3) is 0.600. The quantitative estimate of drug-likeness (QED) is 0.750. The monoisotopic (exact) mass is 232 g/mol. The zero-order valence-corrected chi connectivity index (χ0v) is 8.71. The Kier molecular flexibility index (Phi) is 2.52. The maximum Gasteiger partial charge on any atom is 0.435 e. The summed E-state index contributed by atoms with van der Waals surface area (Å²) in [5.41, 5.74) is -0.947. The normalized spacial score (nSPS) is 16.5. The molecular formula is C10H11F3N2O. The second-order valence-electron chi connectivity index (χ2n) is 4.09. The van der Waals surface area contributed by atoms with Crippen molar-refractivity contribution in [3.63, 3.8) is 0 Å². The Labute approximate surface area is 90.2 Å². The Morgan fingerprint density at radius 2 is 2.19 bits per heavy atom. The molecule has 0 saturated heterocycles.